The van der Waals surface area contributed by atoms with Crippen LogP contribution in [0.5, 0.6) is 23.0 Å². The molecule has 0 aromatic heterocycles. The topological polar surface area (TPSA) is 71.7 Å². The number of methoxy groups -OCH3 is 2. The molecule has 5 nitrogen and oxygen atoms in total. The predicted molar refractivity (Wildman–Crippen MR) is 92.3 cm³/mol. The van der Waals surface area contributed by atoms with Crippen LogP contribution in [0.1, 0.15) is 18.1 Å². The molecule has 0 spiro atoms. The first-order chi connectivity index (χ1) is 11.6. The summed E-state index contributed by atoms with van der Waals surface area (Å²) in [5, 5.41) is 19.2. The van der Waals surface area contributed by atoms with Crippen LogP contribution in [0.15, 0.2) is 36.4 Å². The minimum Gasteiger partial charge on any atom is -0.504 e. The predicted octanol–water partition coefficient (Wildman–Crippen LogP) is 3.87. The molecule has 0 atom stereocenters. The van der Waals surface area contributed by atoms with Crippen molar-refractivity contribution in [3.63, 3.8) is 0 Å². The minimum absolute atomic E-state index is 0.0682. The summed E-state index contributed by atoms with van der Waals surface area (Å²) in [6.45, 7) is 2.29. The second-order valence-corrected chi connectivity index (χ2v) is 4.90. The molecule has 0 aliphatic carbocycles. The summed E-state index contributed by atoms with van der Waals surface area (Å²) in [5.41, 5.74) is 1.92. The lowest BCUT2D eigenvalue weighted by Gasteiger charge is -2.09. The highest BCUT2D eigenvalue weighted by Crippen LogP contribution is 2.32. The summed E-state index contributed by atoms with van der Waals surface area (Å²) in [4.78, 5) is 0. The molecule has 0 aliphatic rings. The van der Waals surface area contributed by atoms with Crippen LogP contribution < -0.4 is 14.2 Å². The smallest absolute Gasteiger partial charge is 0.161 e. The van der Waals surface area contributed by atoms with Crippen LogP contribution in [0.2, 0.25) is 0 Å². The Morgan fingerprint density at radius 3 is 2.46 bits per heavy atom. The van der Waals surface area contributed by atoms with E-state index in [9.17, 15) is 10.4 Å². The second kappa shape index (κ2) is 7.93. The van der Waals surface area contributed by atoms with Gasteiger partial charge in [-0.1, -0.05) is 6.07 Å². The lowest BCUT2D eigenvalue weighted by Crippen LogP contribution is -1.93. The quantitative estimate of drug-likeness (QED) is 0.645. The molecule has 2 rings (SSSR count). The number of aromatic hydroxyl groups is 1. The Balaban J connectivity index is 2.43. The highest BCUT2D eigenvalue weighted by atomic mass is 16.5. The van der Waals surface area contributed by atoms with Gasteiger partial charge in [0.25, 0.3) is 0 Å². The van der Waals surface area contributed by atoms with Gasteiger partial charge < -0.3 is 19.3 Å². The second-order valence-electron chi connectivity index (χ2n) is 4.90. The third kappa shape index (κ3) is 3.79. The number of nitriles is 1. The molecule has 0 fully saturated rings. The number of benzene rings is 2. The van der Waals surface area contributed by atoms with Gasteiger partial charge in [-0.25, -0.2) is 0 Å². The van der Waals surface area contributed by atoms with Gasteiger partial charge in [0.2, 0.25) is 0 Å². The summed E-state index contributed by atoms with van der Waals surface area (Å²) in [6, 6.07) is 12.4. The van der Waals surface area contributed by atoms with E-state index in [2.05, 4.69) is 6.07 Å². The molecular formula is C19H19NO4. The van der Waals surface area contributed by atoms with E-state index in [4.69, 9.17) is 14.2 Å². The van der Waals surface area contributed by atoms with E-state index >= 15 is 0 Å². The van der Waals surface area contributed by atoms with Gasteiger partial charge >= 0.3 is 0 Å². The largest absolute Gasteiger partial charge is 0.504 e. The Kier molecular flexibility index (Phi) is 5.69. The molecule has 0 saturated heterocycles. The molecule has 0 aliphatic heterocycles. The highest BCUT2D eigenvalue weighted by molar-refractivity contribution is 5.90. The van der Waals surface area contributed by atoms with Crippen LogP contribution in [-0.4, -0.2) is 25.9 Å². The fourth-order valence-corrected chi connectivity index (χ4v) is 2.24. The third-order valence-corrected chi connectivity index (χ3v) is 3.41. The van der Waals surface area contributed by atoms with Crippen molar-refractivity contribution < 1.29 is 19.3 Å². The first-order valence-electron chi connectivity index (χ1n) is 7.43. The van der Waals surface area contributed by atoms with Crippen LogP contribution in [0.4, 0.5) is 0 Å². The highest BCUT2D eigenvalue weighted by Gasteiger charge is 2.09. The number of hydrogen-bond acceptors (Lipinski definition) is 5. The number of allylic oxidation sites excluding steroid dienone is 1. The van der Waals surface area contributed by atoms with Gasteiger partial charge in [0.1, 0.15) is 0 Å². The molecule has 0 radical (unpaired) electrons. The maximum absolute atomic E-state index is 9.76. The maximum Gasteiger partial charge on any atom is 0.161 e. The van der Waals surface area contributed by atoms with E-state index in [1.165, 1.54) is 0 Å². The van der Waals surface area contributed by atoms with E-state index in [1.807, 2.05) is 6.92 Å². The van der Waals surface area contributed by atoms with Gasteiger partial charge in [-0.05, 0) is 54.5 Å². The summed E-state index contributed by atoms with van der Waals surface area (Å²) in [7, 11) is 3.11. The number of rotatable bonds is 6. The molecule has 0 unspecified atom stereocenters. The molecule has 0 amide bonds. The van der Waals surface area contributed by atoms with Gasteiger partial charge in [-0.2, -0.15) is 5.26 Å². The van der Waals surface area contributed by atoms with Gasteiger partial charge in [-0.3, -0.25) is 0 Å². The fraction of sp³-hybridized carbons (Fsp3) is 0.211. The van der Waals surface area contributed by atoms with Crippen molar-refractivity contribution in [2.24, 2.45) is 0 Å². The lowest BCUT2D eigenvalue weighted by molar-refractivity contribution is 0.318. The van der Waals surface area contributed by atoms with Crippen LogP contribution >= 0.6 is 0 Å². The monoisotopic (exact) mass is 325 g/mol. The molecule has 0 heterocycles. The van der Waals surface area contributed by atoms with Crippen molar-refractivity contribution in [2.45, 2.75) is 6.92 Å². The number of hydrogen-bond donors (Lipinski definition) is 1. The molecule has 124 valence electrons. The van der Waals surface area contributed by atoms with Crippen molar-refractivity contribution in [2.75, 3.05) is 20.8 Å². The minimum atomic E-state index is 0.0682. The zero-order valence-corrected chi connectivity index (χ0v) is 13.9. The fourth-order valence-electron chi connectivity index (χ4n) is 2.24. The molecule has 2 aromatic carbocycles. The molecular weight excluding hydrogens is 306 g/mol. The zero-order chi connectivity index (χ0) is 17.5. The van der Waals surface area contributed by atoms with E-state index in [1.54, 1.807) is 56.7 Å². The van der Waals surface area contributed by atoms with Gasteiger partial charge in [0.05, 0.1) is 32.5 Å². The molecule has 0 bridgehead atoms. The third-order valence-electron chi connectivity index (χ3n) is 3.41. The number of phenols is 1. The van der Waals surface area contributed by atoms with E-state index in [-0.39, 0.29) is 5.75 Å². The van der Waals surface area contributed by atoms with Crippen molar-refractivity contribution in [3.05, 3.63) is 47.5 Å². The SMILES string of the molecule is CCOc1cc(C=C(C#N)c2ccc(OC)c(OC)c2)ccc1O. The molecule has 1 N–H and O–H groups in total. The van der Waals surface area contributed by atoms with Crippen molar-refractivity contribution in [1.82, 2.24) is 0 Å². The maximum atomic E-state index is 9.76. The number of nitrogens with zero attached hydrogens (tertiary/aromatic N) is 1. The molecule has 0 saturated carbocycles. The van der Waals surface area contributed by atoms with Crippen molar-refractivity contribution in [1.29, 1.82) is 5.26 Å². The van der Waals surface area contributed by atoms with E-state index < -0.39 is 0 Å². The lowest BCUT2D eigenvalue weighted by atomic mass is 10.0. The summed E-state index contributed by atoms with van der Waals surface area (Å²) >= 11 is 0. The summed E-state index contributed by atoms with van der Waals surface area (Å²) in [5.74, 6) is 1.60. The first-order valence-corrected chi connectivity index (χ1v) is 7.43. The Labute approximate surface area is 141 Å². The Hall–Kier alpha value is -3.13. The average Bonchev–Trinajstić information content (AvgIpc) is 2.61. The Morgan fingerprint density at radius 2 is 1.83 bits per heavy atom. The van der Waals surface area contributed by atoms with Crippen molar-refractivity contribution in [3.8, 4) is 29.1 Å². The van der Waals surface area contributed by atoms with Crippen molar-refractivity contribution >= 4 is 11.6 Å². The van der Waals surface area contributed by atoms with Gasteiger partial charge in [-0.15, -0.1) is 0 Å². The summed E-state index contributed by atoms with van der Waals surface area (Å²) < 4.78 is 15.8. The van der Waals surface area contributed by atoms with E-state index in [0.29, 0.717) is 35.0 Å². The molecule has 2 aromatic rings. The summed E-state index contributed by atoms with van der Waals surface area (Å²) in [6.07, 6.45) is 1.73. The molecule has 24 heavy (non-hydrogen) atoms. The average molecular weight is 325 g/mol. The van der Waals surface area contributed by atoms with Crippen LogP contribution in [0.3, 0.4) is 0 Å². The zero-order valence-electron chi connectivity index (χ0n) is 13.9. The Morgan fingerprint density at radius 1 is 1.08 bits per heavy atom. The van der Waals surface area contributed by atoms with Gasteiger partial charge in [0, 0.05) is 0 Å². The van der Waals surface area contributed by atoms with Crippen LogP contribution in [-0.2, 0) is 0 Å². The van der Waals surface area contributed by atoms with Crippen LogP contribution in [0, 0.1) is 11.3 Å². The van der Waals surface area contributed by atoms with Gasteiger partial charge in [0.15, 0.2) is 23.0 Å². The van der Waals surface area contributed by atoms with Crippen LogP contribution in [0.25, 0.3) is 11.6 Å². The van der Waals surface area contributed by atoms with E-state index in [0.717, 1.165) is 5.56 Å². The standard InChI is InChI=1S/C19H19NO4/c1-4-24-18-10-13(5-7-16(18)21)9-15(12-20)14-6-8-17(22-2)19(11-14)23-3/h5-11,21H,4H2,1-3H3. The Bertz CT molecular complexity index is 790. The molecule has 5 heteroatoms. The number of phenolic OH excluding ortho intramolecular Hbond substituents is 1. The first kappa shape index (κ1) is 17.2. The normalized spacial score (nSPS) is 10.8. The number of ether oxygens (including phenoxy) is 3.